The molecular weight excluding hydrogens is 388 g/mol. The molecule has 1 aromatic heterocycles. The lowest BCUT2D eigenvalue weighted by atomic mass is 9.82. The van der Waals surface area contributed by atoms with Crippen LogP contribution in [0.25, 0.3) is 11.1 Å². The Hall–Kier alpha value is -2.93. The number of hydrogen-bond acceptors (Lipinski definition) is 4. The molecule has 1 saturated carbocycles. The van der Waals surface area contributed by atoms with Gasteiger partial charge in [0.2, 0.25) is 5.91 Å². The fourth-order valence-corrected chi connectivity index (χ4v) is 5.73. The Balaban J connectivity index is 1.69. The van der Waals surface area contributed by atoms with Gasteiger partial charge in [0.05, 0.1) is 17.4 Å². The minimum absolute atomic E-state index is 0.0873. The second kappa shape index (κ2) is 7.15. The van der Waals surface area contributed by atoms with Crippen molar-refractivity contribution in [3.8, 4) is 11.1 Å². The molecule has 0 saturated heterocycles. The Bertz CT molecular complexity index is 1040. The molecule has 29 heavy (non-hydrogen) atoms. The number of thiophene rings is 1. The van der Waals surface area contributed by atoms with Gasteiger partial charge in [0, 0.05) is 10.4 Å². The Labute approximate surface area is 172 Å². The quantitative estimate of drug-likeness (QED) is 0.654. The topological polar surface area (TPSA) is 109 Å². The smallest absolute Gasteiger partial charge is 0.307 e. The van der Waals surface area contributed by atoms with Crippen molar-refractivity contribution in [1.82, 2.24) is 0 Å². The van der Waals surface area contributed by atoms with Crippen LogP contribution in [0.2, 0.25) is 0 Å². The van der Waals surface area contributed by atoms with Crippen molar-refractivity contribution >= 4 is 34.1 Å². The Morgan fingerprint density at radius 3 is 2.28 bits per heavy atom. The molecule has 2 amide bonds. The van der Waals surface area contributed by atoms with Gasteiger partial charge in [-0.1, -0.05) is 42.0 Å². The van der Waals surface area contributed by atoms with Crippen LogP contribution in [0.1, 0.15) is 27.2 Å². The Morgan fingerprint density at radius 1 is 1.07 bits per heavy atom. The molecule has 4 rings (SSSR count). The van der Waals surface area contributed by atoms with E-state index in [-0.39, 0.29) is 23.3 Å². The highest BCUT2D eigenvalue weighted by atomic mass is 32.1. The number of aryl methyl sites for hydroxylation is 2. The van der Waals surface area contributed by atoms with E-state index in [4.69, 9.17) is 5.73 Å². The lowest BCUT2D eigenvalue weighted by Gasteiger charge is -2.23. The summed E-state index contributed by atoms with van der Waals surface area (Å²) in [5.41, 5.74) is 8.60. The summed E-state index contributed by atoms with van der Waals surface area (Å²) in [4.78, 5) is 37.9. The first-order valence-corrected chi connectivity index (χ1v) is 10.3. The summed E-state index contributed by atoms with van der Waals surface area (Å²) in [6, 6.07) is 7.75. The van der Waals surface area contributed by atoms with Crippen molar-refractivity contribution in [2.45, 2.75) is 20.3 Å². The summed E-state index contributed by atoms with van der Waals surface area (Å²) in [5, 5.41) is 12.8. The van der Waals surface area contributed by atoms with Crippen molar-refractivity contribution < 1.29 is 19.5 Å². The number of nitrogens with one attached hydrogen (secondary N) is 1. The summed E-state index contributed by atoms with van der Waals surface area (Å²) in [7, 11) is 0. The van der Waals surface area contributed by atoms with Crippen LogP contribution in [0.3, 0.4) is 0 Å². The van der Waals surface area contributed by atoms with Crippen molar-refractivity contribution in [3.05, 3.63) is 52.4 Å². The molecule has 7 heteroatoms. The lowest BCUT2D eigenvalue weighted by Crippen LogP contribution is -2.36. The maximum absolute atomic E-state index is 13.0. The number of fused-ring (bicyclic) bond motifs is 2. The van der Waals surface area contributed by atoms with Crippen LogP contribution in [0, 0.1) is 37.5 Å². The van der Waals surface area contributed by atoms with Gasteiger partial charge in [-0.25, -0.2) is 0 Å². The van der Waals surface area contributed by atoms with Crippen LogP contribution in [-0.4, -0.2) is 22.9 Å². The lowest BCUT2D eigenvalue weighted by molar-refractivity contribution is -0.146. The largest absolute Gasteiger partial charge is 0.481 e. The maximum Gasteiger partial charge on any atom is 0.307 e. The summed E-state index contributed by atoms with van der Waals surface area (Å²) in [5.74, 6) is -3.53. The molecule has 4 atom stereocenters. The number of hydrogen-bond donors (Lipinski definition) is 3. The SMILES string of the molecule is Cc1ccc(-c2c(C)sc(NC(=O)[C@H]3[C@@H](C(=O)O)[C@H]4C=C[C@@H]3C4)c2C(N)=O)cc1. The van der Waals surface area contributed by atoms with Crippen LogP contribution in [-0.2, 0) is 9.59 Å². The first-order valence-electron chi connectivity index (χ1n) is 9.50. The summed E-state index contributed by atoms with van der Waals surface area (Å²) in [6.45, 7) is 3.86. The van der Waals surface area contributed by atoms with Gasteiger partial charge in [-0.05, 0) is 37.7 Å². The molecule has 2 aliphatic carbocycles. The number of benzene rings is 1. The molecule has 1 heterocycles. The fourth-order valence-electron chi connectivity index (χ4n) is 4.65. The highest BCUT2D eigenvalue weighted by Gasteiger charge is 2.51. The molecule has 1 fully saturated rings. The average molecular weight is 410 g/mol. The predicted octanol–water partition coefficient (Wildman–Crippen LogP) is 3.59. The molecule has 2 aromatic rings. The van der Waals surface area contributed by atoms with Crippen LogP contribution in [0.15, 0.2) is 36.4 Å². The third kappa shape index (κ3) is 3.25. The van der Waals surface area contributed by atoms with E-state index in [0.717, 1.165) is 16.0 Å². The van der Waals surface area contributed by atoms with Gasteiger partial charge in [-0.3, -0.25) is 14.4 Å². The van der Waals surface area contributed by atoms with Crippen molar-refractivity contribution in [2.24, 2.45) is 29.4 Å². The fraction of sp³-hybridized carbons (Fsp3) is 0.318. The van der Waals surface area contributed by atoms with E-state index in [0.29, 0.717) is 17.0 Å². The minimum Gasteiger partial charge on any atom is -0.481 e. The number of carbonyl (C=O) groups is 3. The van der Waals surface area contributed by atoms with E-state index in [1.54, 1.807) is 0 Å². The molecule has 150 valence electrons. The molecule has 4 N–H and O–H groups in total. The Morgan fingerprint density at radius 2 is 1.69 bits per heavy atom. The molecule has 0 radical (unpaired) electrons. The van der Waals surface area contributed by atoms with E-state index in [1.807, 2.05) is 50.3 Å². The van der Waals surface area contributed by atoms with Gasteiger partial charge in [-0.15, -0.1) is 11.3 Å². The van der Waals surface area contributed by atoms with Gasteiger partial charge in [-0.2, -0.15) is 0 Å². The monoisotopic (exact) mass is 410 g/mol. The summed E-state index contributed by atoms with van der Waals surface area (Å²) < 4.78 is 0. The molecule has 0 unspecified atom stereocenters. The number of aliphatic carboxylic acids is 1. The highest BCUT2D eigenvalue weighted by molar-refractivity contribution is 7.17. The van der Waals surface area contributed by atoms with Crippen LogP contribution in [0.4, 0.5) is 5.00 Å². The van der Waals surface area contributed by atoms with E-state index in [9.17, 15) is 19.5 Å². The molecule has 2 aliphatic rings. The van der Waals surface area contributed by atoms with Gasteiger partial charge >= 0.3 is 5.97 Å². The maximum atomic E-state index is 13.0. The molecule has 0 spiro atoms. The number of nitrogens with two attached hydrogens (primary N) is 1. The number of anilines is 1. The standard InChI is InChI=1S/C22H22N2O4S/c1-10-3-5-12(6-4-10)15-11(2)29-21(18(15)19(23)25)24-20(26)16-13-7-8-14(9-13)17(16)22(27)28/h3-8,13-14,16-17H,9H2,1-2H3,(H2,23,25)(H,24,26)(H,27,28)/t13-,14+,16-,17+/m1/s1. The molecule has 6 nitrogen and oxygen atoms in total. The third-order valence-corrected chi connectivity index (χ3v) is 6.98. The molecular formula is C22H22N2O4S. The van der Waals surface area contributed by atoms with Gasteiger partial charge < -0.3 is 16.2 Å². The average Bonchev–Trinajstić information content (AvgIpc) is 3.35. The zero-order valence-corrected chi connectivity index (χ0v) is 17.0. The van der Waals surface area contributed by atoms with Crippen molar-refractivity contribution in [1.29, 1.82) is 0 Å². The normalized spacial score (nSPS) is 24.6. The number of carbonyl (C=O) groups excluding carboxylic acids is 2. The number of amides is 2. The zero-order valence-electron chi connectivity index (χ0n) is 16.1. The van der Waals surface area contributed by atoms with Crippen molar-refractivity contribution in [3.63, 3.8) is 0 Å². The minimum atomic E-state index is -0.958. The molecule has 1 aromatic carbocycles. The molecule has 2 bridgehead atoms. The first kappa shape index (κ1) is 19.4. The van der Waals surface area contributed by atoms with E-state index in [1.165, 1.54) is 11.3 Å². The van der Waals surface area contributed by atoms with E-state index < -0.39 is 23.7 Å². The number of primary amides is 1. The highest BCUT2D eigenvalue weighted by Crippen LogP contribution is 2.49. The summed E-state index contributed by atoms with van der Waals surface area (Å²) in [6.07, 6.45) is 4.50. The van der Waals surface area contributed by atoms with Gasteiger partial charge in [0.25, 0.3) is 5.91 Å². The van der Waals surface area contributed by atoms with E-state index >= 15 is 0 Å². The number of carboxylic acid groups (broad SMARTS) is 1. The third-order valence-electron chi connectivity index (χ3n) is 5.95. The zero-order chi connectivity index (χ0) is 20.9. The van der Waals surface area contributed by atoms with Gasteiger partial charge in [0.1, 0.15) is 5.00 Å². The predicted molar refractivity (Wildman–Crippen MR) is 112 cm³/mol. The molecule has 0 aliphatic heterocycles. The van der Waals surface area contributed by atoms with Gasteiger partial charge in [0.15, 0.2) is 0 Å². The number of allylic oxidation sites excluding steroid dienone is 2. The van der Waals surface area contributed by atoms with E-state index in [2.05, 4.69) is 5.32 Å². The first-order chi connectivity index (χ1) is 13.8. The van der Waals surface area contributed by atoms with Crippen molar-refractivity contribution in [2.75, 3.05) is 5.32 Å². The Kier molecular flexibility index (Phi) is 4.78. The second-order valence-electron chi connectivity index (χ2n) is 7.80. The van der Waals surface area contributed by atoms with Crippen LogP contribution < -0.4 is 11.1 Å². The summed E-state index contributed by atoms with van der Waals surface area (Å²) >= 11 is 1.29. The number of carboxylic acids is 1. The van der Waals surface area contributed by atoms with Crippen LogP contribution >= 0.6 is 11.3 Å². The second-order valence-corrected chi connectivity index (χ2v) is 9.02. The number of rotatable bonds is 5. The van der Waals surface area contributed by atoms with Crippen LogP contribution in [0.5, 0.6) is 0 Å².